The SMILES string of the molecule is CN1CCN(C(=O)c2cccc(OCCNc3nc(N4CCCCC4)nc4ccccc34)c2)CC1. The van der Waals surface area contributed by atoms with Gasteiger partial charge in [-0.1, -0.05) is 18.2 Å². The molecule has 1 amide bonds. The van der Waals surface area contributed by atoms with Crippen molar-refractivity contribution in [2.75, 3.05) is 69.7 Å². The van der Waals surface area contributed by atoms with Crippen LogP contribution in [0.2, 0.25) is 0 Å². The number of carbonyl (C=O) groups excluding carboxylic acids is 1. The molecule has 5 rings (SSSR count). The van der Waals surface area contributed by atoms with Gasteiger partial charge in [-0.05, 0) is 56.6 Å². The number of aromatic nitrogens is 2. The molecule has 1 aromatic heterocycles. The Kier molecular flexibility index (Phi) is 7.28. The fourth-order valence-electron chi connectivity index (χ4n) is 4.68. The molecule has 0 aliphatic carbocycles. The van der Waals surface area contributed by atoms with Gasteiger partial charge in [0.15, 0.2) is 0 Å². The lowest BCUT2D eigenvalue weighted by molar-refractivity contribution is 0.0663. The maximum absolute atomic E-state index is 12.9. The second kappa shape index (κ2) is 10.9. The van der Waals surface area contributed by atoms with Crippen LogP contribution in [0.25, 0.3) is 10.9 Å². The number of rotatable bonds is 7. The monoisotopic (exact) mass is 474 g/mol. The highest BCUT2D eigenvalue weighted by Crippen LogP contribution is 2.25. The Morgan fingerprint density at radius 2 is 1.74 bits per heavy atom. The normalized spacial score (nSPS) is 16.9. The molecule has 0 radical (unpaired) electrons. The Labute approximate surface area is 206 Å². The average Bonchev–Trinajstić information content (AvgIpc) is 2.91. The summed E-state index contributed by atoms with van der Waals surface area (Å²) in [6.07, 6.45) is 3.64. The molecular weight excluding hydrogens is 440 g/mol. The molecule has 0 atom stereocenters. The highest BCUT2D eigenvalue weighted by atomic mass is 16.5. The lowest BCUT2D eigenvalue weighted by Gasteiger charge is -2.32. The van der Waals surface area contributed by atoms with Crippen LogP contribution < -0.4 is 15.0 Å². The lowest BCUT2D eigenvalue weighted by atomic mass is 10.1. The molecule has 2 fully saturated rings. The maximum atomic E-state index is 12.9. The summed E-state index contributed by atoms with van der Waals surface area (Å²) in [5, 5.41) is 4.46. The number of amides is 1. The van der Waals surface area contributed by atoms with Gasteiger partial charge in [-0.25, -0.2) is 4.98 Å². The van der Waals surface area contributed by atoms with Gasteiger partial charge in [0.05, 0.1) is 12.1 Å². The van der Waals surface area contributed by atoms with E-state index in [0.29, 0.717) is 24.5 Å². The first-order valence-corrected chi connectivity index (χ1v) is 12.6. The molecule has 2 saturated heterocycles. The molecule has 35 heavy (non-hydrogen) atoms. The molecule has 3 heterocycles. The van der Waals surface area contributed by atoms with Gasteiger partial charge in [0.2, 0.25) is 5.95 Å². The zero-order chi connectivity index (χ0) is 24.0. The molecule has 3 aromatic rings. The molecule has 184 valence electrons. The van der Waals surface area contributed by atoms with E-state index < -0.39 is 0 Å². The molecule has 0 bridgehead atoms. The number of fused-ring (bicyclic) bond motifs is 1. The van der Waals surface area contributed by atoms with Crippen LogP contribution in [0.1, 0.15) is 29.6 Å². The van der Waals surface area contributed by atoms with Crippen LogP contribution in [-0.4, -0.2) is 85.1 Å². The number of piperidine rings is 1. The quantitative estimate of drug-likeness (QED) is 0.526. The zero-order valence-corrected chi connectivity index (χ0v) is 20.4. The number of likely N-dealkylation sites (N-methyl/N-ethyl adjacent to an activating group) is 1. The van der Waals surface area contributed by atoms with Crippen LogP contribution in [0.15, 0.2) is 48.5 Å². The number of ether oxygens (including phenoxy) is 1. The average molecular weight is 475 g/mol. The maximum Gasteiger partial charge on any atom is 0.254 e. The third kappa shape index (κ3) is 5.65. The van der Waals surface area contributed by atoms with Crippen molar-refractivity contribution in [1.29, 1.82) is 0 Å². The van der Waals surface area contributed by atoms with E-state index in [1.54, 1.807) is 0 Å². The topological polar surface area (TPSA) is 73.8 Å². The fourth-order valence-corrected chi connectivity index (χ4v) is 4.68. The number of para-hydroxylation sites is 1. The van der Waals surface area contributed by atoms with Gasteiger partial charge in [-0.3, -0.25) is 4.79 Å². The number of benzene rings is 2. The summed E-state index contributed by atoms with van der Waals surface area (Å²) in [6, 6.07) is 15.6. The first kappa shape index (κ1) is 23.4. The van der Waals surface area contributed by atoms with Crippen LogP contribution in [0.5, 0.6) is 5.75 Å². The summed E-state index contributed by atoms with van der Waals surface area (Å²) in [7, 11) is 2.09. The molecule has 2 aliphatic rings. The van der Waals surface area contributed by atoms with E-state index >= 15 is 0 Å². The van der Waals surface area contributed by atoms with Crippen LogP contribution in [-0.2, 0) is 0 Å². The Bertz CT molecular complexity index is 1160. The molecule has 2 aliphatic heterocycles. The minimum absolute atomic E-state index is 0.0689. The zero-order valence-electron chi connectivity index (χ0n) is 20.4. The molecule has 0 saturated carbocycles. The van der Waals surface area contributed by atoms with Gasteiger partial charge in [-0.15, -0.1) is 0 Å². The van der Waals surface area contributed by atoms with Crippen LogP contribution >= 0.6 is 0 Å². The van der Waals surface area contributed by atoms with Crippen LogP contribution in [0, 0.1) is 0 Å². The highest BCUT2D eigenvalue weighted by Gasteiger charge is 2.21. The summed E-state index contributed by atoms with van der Waals surface area (Å²) < 4.78 is 5.99. The van der Waals surface area contributed by atoms with E-state index in [2.05, 4.69) is 22.2 Å². The summed E-state index contributed by atoms with van der Waals surface area (Å²) in [4.78, 5) is 29.0. The minimum atomic E-state index is 0.0689. The number of hydrogen-bond acceptors (Lipinski definition) is 7. The molecule has 0 spiro atoms. The highest BCUT2D eigenvalue weighted by molar-refractivity contribution is 5.94. The minimum Gasteiger partial charge on any atom is -0.492 e. The summed E-state index contributed by atoms with van der Waals surface area (Å²) in [6.45, 7) is 6.40. The predicted octanol–water partition coefficient (Wildman–Crippen LogP) is 3.50. The smallest absolute Gasteiger partial charge is 0.254 e. The van der Waals surface area contributed by atoms with Crippen LogP contribution in [0.3, 0.4) is 0 Å². The van der Waals surface area contributed by atoms with Gasteiger partial charge >= 0.3 is 0 Å². The summed E-state index contributed by atoms with van der Waals surface area (Å²) in [5.74, 6) is 2.40. The largest absolute Gasteiger partial charge is 0.492 e. The van der Waals surface area contributed by atoms with E-state index in [-0.39, 0.29) is 5.91 Å². The Hall–Kier alpha value is -3.39. The van der Waals surface area contributed by atoms with Gasteiger partial charge in [-0.2, -0.15) is 4.98 Å². The van der Waals surface area contributed by atoms with Crippen molar-refractivity contribution in [1.82, 2.24) is 19.8 Å². The first-order valence-electron chi connectivity index (χ1n) is 12.6. The first-order chi connectivity index (χ1) is 17.2. The summed E-state index contributed by atoms with van der Waals surface area (Å²) >= 11 is 0. The Morgan fingerprint density at radius 3 is 2.57 bits per heavy atom. The van der Waals surface area contributed by atoms with Crippen molar-refractivity contribution in [3.8, 4) is 5.75 Å². The van der Waals surface area contributed by atoms with Crippen molar-refractivity contribution >= 4 is 28.6 Å². The molecular formula is C27H34N6O2. The molecule has 8 nitrogen and oxygen atoms in total. The number of anilines is 2. The van der Waals surface area contributed by atoms with Gasteiger partial charge in [0, 0.05) is 50.2 Å². The van der Waals surface area contributed by atoms with Gasteiger partial charge in [0.25, 0.3) is 5.91 Å². The number of piperazine rings is 1. The number of hydrogen-bond donors (Lipinski definition) is 1. The van der Waals surface area contributed by atoms with Crippen LogP contribution in [0.4, 0.5) is 11.8 Å². The number of carbonyl (C=O) groups is 1. The third-order valence-electron chi connectivity index (χ3n) is 6.77. The van der Waals surface area contributed by atoms with Crippen molar-refractivity contribution in [3.63, 3.8) is 0 Å². The van der Waals surface area contributed by atoms with E-state index in [1.165, 1.54) is 19.3 Å². The Balaban J connectivity index is 1.21. The second-order valence-electron chi connectivity index (χ2n) is 9.34. The van der Waals surface area contributed by atoms with E-state index in [4.69, 9.17) is 14.7 Å². The standard InChI is InChI=1S/C27H34N6O2/c1-31-15-17-32(18-16-31)26(34)21-8-7-9-22(20-21)35-19-12-28-25-23-10-3-4-11-24(23)29-27(30-25)33-13-5-2-6-14-33/h3-4,7-11,20H,2,5-6,12-19H2,1H3,(H,28,29,30). The lowest BCUT2D eigenvalue weighted by Crippen LogP contribution is -2.47. The predicted molar refractivity (Wildman–Crippen MR) is 139 cm³/mol. The summed E-state index contributed by atoms with van der Waals surface area (Å²) in [5.41, 5.74) is 1.62. The van der Waals surface area contributed by atoms with Crippen molar-refractivity contribution < 1.29 is 9.53 Å². The molecule has 0 unspecified atom stereocenters. The Morgan fingerprint density at radius 1 is 0.943 bits per heavy atom. The van der Waals surface area contributed by atoms with Crippen molar-refractivity contribution in [3.05, 3.63) is 54.1 Å². The van der Waals surface area contributed by atoms with Crippen molar-refractivity contribution in [2.24, 2.45) is 0 Å². The van der Waals surface area contributed by atoms with Gasteiger partial charge < -0.3 is 24.8 Å². The third-order valence-corrected chi connectivity index (χ3v) is 6.77. The number of nitrogens with zero attached hydrogens (tertiary/aromatic N) is 5. The second-order valence-corrected chi connectivity index (χ2v) is 9.34. The van der Waals surface area contributed by atoms with E-state index in [9.17, 15) is 4.79 Å². The fraction of sp³-hybridized carbons (Fsp3) is 0.444. The number of nitrogens with one attached hydrogen (secondary N) is 1. The molecule has 1 N–H and O–H groups in total. The van der Waals surface area contributed by atoms with E-state index in [1.807, 2.05) is 53.4 Å². The molecule has 2 aromatic carbocycles. The molecule has 8 heteroatoms. The van der Waals surface area contributed by atoms with Crippen molar-refractivity contribution in [2.45, 2.75) is 19.3 Å². The van der Waals surface area contributed by atoms with E-state index in [0.717, 1.165) is 61.9 Å². The van der Waals surface area contributed by atoms with Gasteiger partial charge in [0.1, 0.15) is 18.2 Å².